The summed E-state index contributed by atoms with van der Waals surface area (Å²) in [4.78, 5) is 46.9. The third kappa shape index (κ3) is 6.32. The summed E-state index contributed by atoms with van der Waals surface area (Å²) in [5, 5.41) is 4.84. The highest BCUT2D eigenvalue weighted by atomic mass is 19.1. The molecule has 1 rings (SSSR count). The summed E-state index contributed by atoms with van der Waals surface area (Å²) in [5.74, 6) is -1.24. The Labute approximate surface area is 130 Å². The first kappa shape index (κ1) is 18.4. The Morgan fingerprint density at radius 1 is 1.26 bits per heavy atom. The van der Waals surface area contributed by atoms with Crippen LogP contribution in [0.1, 0.15) is 27.2 Å². The molecule has 0 saturated heterocycles. The smallest absolute Gasteiger partial charge is 0.407 e. The number of carbonyl (C=O) groups is 2. The lowest BCUT2D eigenvalue weighted by molar-refractivity contribution is 0.0527. The van der Waals surface area contributed by atoms with Crippen molar-refractivity contribution in [1.82, 2.24) is 20.2 Å². The normalized spacial score (nSPS) is 11.0. The van der Waals surface area contributed by atoms with Crippen LogP contribution in [-0.2, 0) is 4.74 Å². The Kier molecular flexibility index (Phi) is 6.05. The molecule has 2 amide bonds. The number of hydrogen-bond donors (Lipinski definition) is 3. The average molecular weight is 330 g/mol. The zero-order valence-corrected chi connectivity index (χ0v) is 13.1. The van der Waals surface area contributed by atoms with Crippen molar-refractivity contribution in [2.75, 3.05) is 13.1 Å². The summed E-state index contributed by atoms with van der Waals surface area (Å²) < 4.78 is 18.5. The molecule has 0 fully saturated rings. The van der Waals surface area contributed by atoms with Crippen molar-refractivity contribution in [3.8, 4) is 0 Å². The molecule has 0 aliphatic rings. The highest BCUT2D eigenvalue weighted by Crippen LogP contribution is 2.06. The topological polar surface area (TPSA) is 122 Å². The van der Waals surface area contributed by atoms with Crippen LogP contribution in [0.4, 0.5) is 14.0 Å². The Morgan fingerprint density at radius 2 is 1.87 bits per heavy atom. The number of alkyl carbamates (subject to hydrolysis) is 1. The predicted octanol–water partition coefficient (Wildman–Crippen LogP) is 0.148. The van der Waals surface area contributed by atoms with Gasteiger partial charge in [-0.25, -0.2) is 19.0 Å². The summed E-state index contributed by atoms with van der Waals surface area (Å²) in [7, 11) is 0. The summed E-state index contributed by atoms with van der Waals surface area (Å²) in [5.41, 5.74) is -2.84. The molecule has 0 bridgehead atoms. The molecule has 9 nitrogen and oxygen atoms in total. The molecule has 0 spiro atoms. The van der Waals surface area contributed by atoms with E-state index < -0.39 is 34.8 Å². The molecule has 0 aliphatic carbocycles. The van der Waals surface area contributed by atoms with Crippen molar-refractivity contribution in [2.24, 2.45) is 0 Å². The third-order valence-corrected chi connectivity index (χ3v) is 2.42. The summed E-state index contributed by atoms with van der Waals surface area (Å²) in [6.07, 6.45) is 0.295. The minimum absolute atomic E-state index is 0.127. The standard InChI is InChI=1S/C13H19FN4O5/c1-13(2,3)23-12(22)16-6-4-5-15-10(20)18-7-8(14)9(19)17-11(18)21/h7H,4-6H2,1-3H3,(H,15,20)(H,16,22)(H,17,19,21). The zero-order chi connectivity index (χ0) is 17.6. The number of aromatic nitrogens is 2. The van der Waals surface area contributed by atoms with Gasteiger partial charge in [-0.05, 0) is 27.2 Å². The van der Waals surface area contributed by atoms with Gasteiger partial charge in [0.1, 0.15) is 5.60 Å². The number of aromatic amines is 1. The van der Waals surface area contributed by atoms with Gasteiger partial charge in [0.15, 0.2) is 0 Å². The monoisotopic (exact) mass is 330 g/mol. The summed E-state index contributed by atoms with van der Waals surface area (Å²) >= 11 is 0. The zero-order valence-electron chi connectivity index (χ0n) is 13.1. The quantitative estimate of drug-likeness (QED) is 0.678. The molecule has 0 aromatic carbocycles. The second-order valence-corrected chi connectivity index (χ2v) is 5.62. The van der Waals surface area contributed by atoms with Crippen LogP contribution in [0.5, 0.6) is 0 Å². The van der Waals surface area contributed by atoms with E-state index in [1.165, 1.54) is 0 Å². The molecule has 23 heavy (non-hydrogen) atoms. The molecule has 10 heteroatoms. The predicted molar refractivity (Wildman–Crippen MR) is 78.9 cm³/mol. The lowest BCUT2D eigenvalue weighted by Crippen LogP contribution is -2.41. The molecule has 3 N–H and O–H groups in total. The van der Waals surface area contributed by atoms with Crippen LogP contribution < -0.4 is 21.9 Å². The van der Waals surface area contributed by atoms with Crippen molar-refractivity contribution in [3.63, 3.8) is 0 Å². The SMILES string of the molecule is CC(C)(C)OC(=O)NCCCNC(=O)n1cc(F)c(=O)[nH]c1=O. The molecule has 1 aromatic rings. The fourth-order valence-corrected chi connectivity index (χ4v) is 1.47. The molecule has 0 aliphatic heterocycles. The number of hydrogen-bond acceptors (Lipinski definition) is 5. The van der Waals surface area contributed by atoms with Crippen molar-refractivity contribution in [1.29, 1.82) is 0 Å². The first-order valence-corrected chi connectivity index (χ1v) is 6.86. The molecule has 0 saturated carbocycles. The van der Waals surface area contributed by atoms with E-state index in [4.69, 9.17) is 4.74 Å². The van der Waals surface area contributed by atoms with E-state index in [0.29, 0.717) is 17.2 Å². The maximum atomic E-state index is 13.0. The van der Waals surface area contributed by atoms with Gasteiger partial charge in [0, 0.05) is 13.1 Å². The Hall–Kier alpha value is -2.65. The van der Waals surface area contributed by atoms with Crippen molar-refractivity contribution in [3.05, 3.63) is 32.9 Å². The number of H-pyrrole nitrogens is 1. The van der Waals surface area contributed by atoms with Crippen LogP contribution in [-0.4, -0.2) is 40.4 Å². The maximum absolute atomic E-state index is 13.0. The van der Waals surface area contributed by atoms with Crippen LogP contribution in [0.2, 0.25) is 0 Å². The average Bonchev–Trinajstić information content (AvgIpc) is 2.40. The van der Waals surface area contributed by atoms with E-state index in [1.807, 2.05) is 0 Å². The largest absolute Gasteiger partial charge is 0.444 e. The van der Waals surface area contributed by atoms with E-state index in [9.17, 15) is 23.6 Å². The molecular weight excluding hydrogens is 311 g/mol. The molecule has 1 aromatic heterocycles. The first-order valence-electron chi connectivity index (χ1n) is 6.86. The number of halogens is 1. The van der Waals surface area contributed by atoms with Crippen LogP contribution in [0.3, 0.4) is 0 Å². The first-order chi connectivity index (χ1) is 10.6. The van der Waals surface area contributed by atoms with Gasteiger partial charge in [-0.1, -0.05) is 0 Å². The highest BCUT2D eigenvalue weighted by Gasteiger charge is 2.15. The molecule has 1 heterocycles. The van der Waals surface area contributed by atoms with Crippen molar-refractivity contribution < 1.29 is 18.7 Å². The second-order valence-electron chi connectivity index (χ2n) is 5.62. The Morgan fingerprint density at radius 3 is 2.48 bits per heavy atom. The number of ether oxygens (including phenoxy) is 1. The van der Waals surface area contributed by atoms with Crippen molar-refractivity contribution in [2.45, 2.75) is 32.8 Å². The van der Waals surface area contributed by atoms with E-state index >= 15 is 0 Å². The summed E-state index contributed by atoms with van der Waals surface area (Å²) in [6.45, 7) is 5.56. The molecule has 0 atom stereocenters. The second kappa shape index (κ2) is 7.56. The number of rotatable bonds is 4. The lowest BCUT2D eigenvalue weighted by Gasteiger charge is -2.19. The van der Waals surface area contributed by atoms with Gasteiger partial charge in [-0.3, -0.25) is 9.78 Å². The number of nitrogens with zero attached hydrogens (tertiary/aromatic N) is 1. The summed E-state index contributed by atoms with van der Waals surface area (Å²) in [6, 6.07) is -0.887. The Bertz CT molecular complexity index is 689. The minimum atomic E-state index is -1.24. The fraction of sp³-hybridized carbons (Fsp3) is 0.538. The Balaban J connectivity index is 2.38. The molecule has 0 radical (unpaired) electrons. The van der Waals surface area contributed by atoms with E-state index in [2.05, 4.69) is 10.6 Å². The van der Waals surface area contributed by atoms with Crippen LogP contribution in [0, 0.1) is 5.82 Å². The van der Waals surface area contributed by atoms with E-state index in [-0.39, 0.29) is 13.1 Å². The highest BCUT2D eigenvalue weighted by molar-refractivity contribution is 5.76. The van der Waals surface area contributed by atoms with E-state index in [0.717, 1.165) is 0 Å². The van der Waals surface area contributed by atoms with Crippen LogP contribution in [0.15, 0.2) is 15.8 Å². The number of carbonyl (C=O) groups excluding carboxylic acids is 2. The van der Waals surface area contributed by atoms with Crippen LogP contribution in [0.25, 0.3) is 0 Å². The maximum Gasteiger partial charge on any atom is 0.407 e. The van der Waals surface area contributed by atoms with Gasteiger partial charge in [-0.15, -0.1) is 0 Å². The molecular formula is C13H19FN4O5. The third-order valence-electron chi connectivity index (χ3n) is 2.42. The molecule has 128 valence electrons. The number of nitrogens with one attached hydrogen (secondary N) is 3. The lowest BCUT2D eigenvalue weighted by atomic mass is 10.2. The fourth-order valence-electron chi connectivity index (χ4n) is 1.47. The minimum Gasteiger partial charge on any atom is -0.444 e. The number of amides is 2. The van der Waals surface area contributed by atoms with Gasteiger partial charge < -0.3 is 15.4 Å². The van der Waals surface area contributed by atoms with Gasteiger partial charge in [-0.2, -0.15) is 4.39 Å². The van der Waals surface area contributed by atoms with Crippen LogP contribution >= 0.6 is 0 Å². The van der Waals surface area contributed by atoms with E-state index in [1.54, 1.807) is 25.8 Å². The van der Waals surface area contributed by atoms with Gasteiger partial charge in [0.2, 0.25) is 5.82 Å². The molecule has 0 unspecified atom stereocenters. The van der Waals surface area contributed by atoms with Gasteiger partial charge >= 0.3 is 17.8 Å². The van der Waals surface area contributed by atoms with Gasteiger partial charge in [0.25, 0.3) is 5.56 Å². The van der Waals surface area contributed by atoms with Crippen molar-refractivity contribution >= 4 is 12.1 Å². The van der Waals surface area contributed by atoms with Gasteiger partial charge in [0.05, 0.1) is 6.20 Å².